The van der Waals surface area contributed by atoms with E-state index in [1.807, 2.05) is 18.2 Å². The molecule has 0 aliphatic carbocycles. The summed E-state index contributed by atoms with van der Waals surface area (Å²) in [5, 5.41) is 6.92. The molecule has 8 aromatic carbocycles. The highest BCUT2D eigenvalue weighted by Crippen LogP contribution is 2.41. The maximum absolute atomic E-state index is 6.33. The Balaban J connectivity index is 1.07. The average molecular weight is 747 g/mol. The van der Waals surface area contributed by atoms with Gasteiger partial charge in [-0.15, -0.1) is 11.3 Å². The average Bonchev–Trinajstić information content (AvgIpc) is 3.95. The van der Waals surface area contributed by atoms with Crippen LogP contribution in [0.5, 0.6) is 0 Å². The van der Waals surface area contributed by atoms with E-state index in [0.717, 1.165) is 60.7 Å². The third-order valence-electron chi connectivity index (χ3n) is 11.1. The summed E-state index contributed by atoms with van der Waals surface area (Å²) in [6.07, 6.45) is 0. The molecule has 0 amide bonds. The molecule has 0 bridgehead atoms. The Morgan fingerprint density at radius 1 is 0.386 bits per heavy atom. The van der Waals surface area contributed by atoms with Crippen LogP contribution in [0.1, 0.15) is 0 Å². The molecule has 57 heavy (non-hydrogen) atoms. The summed E-state index contributed by atoms with van der Waals surface area (Å²) < 4.78 is 11.1. The second-order valence-electron chi connectivity index (χ2n) is 14.4. The second kappa shape index (κ2) is 12.6. The smallest absolute Gasteiger partial charge is 0.164 e. The van der Waals surface area contributed by atoms with Gasteiger partial charge in [-0.2, -0.15) is 0 Å². The van der Waals surface area contributed by atoms with E-state index in [1.165, 1.54) is 36.7 Å². The summed E-state index contributed by atoms with van der Waals surface area (Å²) in [4.78, 5) is 15.7. The minimum absolute atomic E-state index is 0.588. The maximum Gasteiger partial charge on any atom is 0.164 e. The zero-order chi connectivity index (χ0) is 37.5. The summed E-state index contributed by atoms with van der Waals surface area (Å²) in [5.74, 6) is 1.82. The van der Waals surface area contributed by atoms with E-state index in [2.05, 4.69) is 168 Å². The molecule has 0 radical (unpaired) electrons. The highest BCUT2D eigenvalue weighted by Gasteiger charge is 2.19. The van der Waals surface area contributed by atoms with Gasteiger partial charge in [0, 0.05) is 64.1 Å². The highest BCUT2D eigenvalue weighted by atomic mass is 32.1. The Kier molecular flexibility index (Phi) is 7.03. The molecule has 0 atom stereocenters. The van der Waals surface area contributed by atoms with Gasteiger partial charge in [-0.3, -0.25) is 0 Å². The predicted molar refractivity (Wildman–Crippen MR) is 236 cm³/mol. The van der Waals surface area contributed by atoms with E-state index in [0.29, 0.717) is 17.5 Å². The SMILES string of the molecule is c1ccc(-c2ccc3c(c2)c2ccccc2n3-c2cccc(-c3nc(-c4ccc5c(c4)oc4ccccc45)nc(-c4cccc5sc6ccccc6c45)n3)c2)cc1. The number of hydrogen-bond acceptors (Lipinski definition) is 5. The number of thiophene rings is 1. The third kappa shape index (κ3) is 5.12. The van der Waals surface area contributed by atoms with Crippen LogP contribution in [0.25, 0.3) is 115 Å². The van der Waals surface area contributed by atoms with Gasteiger partial charge in [-0.25, -0.2) is 15.0 Å². The van der Waals surface area contributed by atoms with Crippen LogP contribution in [0.4, 0.5) is 0 Å². The second-order valence-corrected chi connectivity index (χ2v) is 15.5. The van der Waals surface area contributed by atoms with Crippen LogP contribution in [-0.2, 0) is 0 Å². The molecule has 4 heterocycles. The molecule has 0 unspecified atom stereocenters. The fourth-order valence-electron chi connectivity index (χ4n) is 8.43. The molecule has 4 aromatic heterocycles. The molecule has 0 aliphatic rings. The normalized spacial score (nSPS) is 11.9. The molecule has 0 spiro atoms. The van der Waals surface area contributed by atoms with Gasteiger partial charge in [0.05, 0.1) is 11.0 Å². The maximum atomic E-state index is 6.33. The van der Waals surface area contributed by atoms with Crippen LogP contribution in [0.15, 0.2) is 186 Å². The van der Waals surface area contributed by atoms with Gasteiger partial charge in [0.1, 0.15) is 11.2 Å². The third-order valence-corrected chi connectivity index (χ3v) is 12.2. The summed E-state index contributed by atoms with van der Waals surface area (Å²) >= 11 is 1.79. The van der Waals surface area contributed by atoms with E-state index < -0.39 is 0 Å². The molecule has 12 aromatic rings. The molecule has 0 saturated heterocycles. The Labute approximate surface area is 330 Å². The van der Waals surface area contributed by atoms with Crippen LogP contribution in [0.2, 0.25) is 0 Å². The van der Waals surface area contributed by atoms with E-state index >= 15 is 0 Å². The van der Waals surface area contributed by atoms with Crippen LogP contribution < -0.4 is 0 Å². The zero-order valence-electron chi connectivity index (χ0n) is 30.4. The Hall–Kier alpha value is -7.41. The van der Waals surface area contributed by atoms with Gasteiger partial charge in [0.15, 0.2) is 17.5 Å². The standard InChI is InChI=1S/C51H30N4OS/c1-2-12-31(13-3-1)32-25-27-43-41(29-32)36-16-4-7-20-42(36)55(43)35-15-10-14-33(28-35)49-52-50(34-24-26-38-37-17-5-8-21-44(37)56-45(38)30-34)54-51(53-49)40-19-11-23-47-48(40)39-18-6-9-22-46(39)57-47/h1-30H. The van der Waals surface area contributed by atoms with Crippen molar-refractivity contribution in [3.63, 3.8) is 0 Å². The number of nitrogens with zero attached hydrogens (tertiary/aromatic N) is 4. The molecule has 0 fully saturated rings. The van der Waals surface area contributed by atoms with Crippen LogP contribution in [0.3, 0.4) is 0 Å². The van der Waals surface area contributed by atoms with Gasteiger partial charge >= 0.3 is 0 Å². The van der Waals surface area contributed by atoms with Crippen molar-refractivity contribution in [2.75, 3.05) is 0 Å². The first-order chi connectivity index (χ1) is 28.2. The number of benzene rings is 8. The summed E-state index contributed by atoms with van der Waals surface area (Å²) in [6.45, 7) is 0. The first kappa shape index (κ1) is 31.9. The van der Waals surface area contributed by atoms with E-state index in [-0.39, 0.29) is 0 Å². The van der Waals surface area contributed by atoms with Crippen LogP contribution in [0, 0.1) is 0 Å². The van der Waals surface area contributed by atoms with Gasteiger partial charge in [0.2, 0.25) is 0 Å². The minimum atomic E-state index is 0.588. The molecule has 0 saturated carbocycles. The van der Waals surface area contributed by atoms with E-state index in [9.17, 15) is 0 Å². The van der Waals surface area contributed by atoms with Crippen molar-refractivity contribution in [1.29, 1.82) is 0 Å². The van der Waals surface area contributed by atoms with Crippen molar-refractivity contribution in [1.82, 2.24) is 19.5 Å². The van der Waals surface area contributed by atoms with Crippen molar-refractivity contribution in [3.8, 4) is 51.0 Å². The van der Waals surface area contributed by atoms with Crippen molar-refractivity contribution in [3.05, 3.63) is 182 Å². The largest absolute Gasteiger partial charge is 0.456 e. The van der Waals surface area contributed by atoms with E-state index in [4.69, 9.17) is 19.4 Å². The lowest BCUT2D eigenvalue weighted by Gasteiger charge is -2.12. The lowest BCUT2D eigenvalue weighted by Crippen LogP contribution is -2.01. The van der Waals surface area contributed by atoms with Gasteiger partial charge in [-0.05, 0) is 71.8 Å². The topological polar surface area (TPSA) is 56.7 Å². The minimum Gasteiger partial charge on any atom is -0.456 e. The fraction of sp³-hybridized carbons (Fsp3) is 0. The Morgan fingerprint density at radius 3 is 1.93 bits per heavy atom. The number of para-hydroxylation sites is 2. The van der Waals surface area contributed by atoms with Crippen molar-refractivity contribution >= 4 is 75.3 Å². The number of hydrogen-bond donors (Lipinski definition) is 0. The molecular formula is C51H30N4OS. The summed E-state index contributed by atoms with van der Waals surface area (Å²) in [6, 6.07) is 63.9. The number of rotatable bonds is 5. The van der Waals surface area contributed by atoms with Crippen molar-refractivity contribution in [2.45, 2.75) is 0 Å². The lowest BCUT2D eigenvalue weighted by atomic mass is 10.0. The Morgan fingerprint density at radius 2 is 1.04 bits per heavy atom. The van der Waals surface area contributed by atoms with Crippen LogP contribution in [-0.4, -0.2) is 19.5 Å². The first-order valence-electron chi connectivity index (χ1n) is 19.0. The van der Waals surface area contributed by atoms with Crippen molar-refractivity contribution in [2.24, 2.45) is 0 Å². The quantitative estimate of drug-likeness (QED) is 0.176. The number of furan rings is 1. The van der Waals surface area contributed by atoms with Crippen molar-refractivity contribution < 1.29 is 4.42 Å². The monoisotopic (exact) mass is 746 g/mol. The molecule has 0 aliphatic heterocycles. The number of fused-ring (bicyclic) bond motifs is 9. The van der Waals surface area contributed by atoms with E-state index in [1.54, 1.807) is 11.3 Å². The molecule has 6 heteroatoms. The first-order valence-corrected chi connectivity index (χ1v) is 19.8. The molecular weight excluding hydrogens is 717 g/mol. The van der Waals surface area contributed by atoms with Crippen LogP contribution >= 0.6 is 11.3 Å². The van der Waals surface area contributed by atoms with Gasteiger partial charge in [0.25, 0.3) is 0 Å². The summed E-state index contributed by atoms with van der Waals surface area (Å²) in [5.41, 5.74) is 10.1. The molecule has 266 valence electrons. The molecule has 5 nitrogen and oxygen atoms in total. The lowest BCUT2D eigenvalue weighted by molar-refractivity contribution is 0.669. The zero-order valence-corrected chi connectivity index (χ0v) is 31.2. The molecule has 12 rings (SSSR count). The molecule has 0 N–H and O–H groups in total. The summed E-state index contributed by atoms with van der Waals surface area (Å²) in [7, 11) is 0. The highest BCUT2D eigenvalue weighted by molar-refractivity contribution is 7.25. The Bertz CT molecular complexity index is 3540. The van der Waals surface area contributed by atoms with Gasteiger partial charge < -0.3 is 8.98 Å². The number of aromatic nitrogens is 4. The van der Waals surface area contributed by atoms with Gasteiger partial charge in [-0.1, -0.05) is 121 Å². The predicted octanol–water partition coefficient (Wildman–Crippen LogP) is 13.9. The fourth-order valence-corrected chi connectivity index (χ4v) is 9.56.